The minimum atomic E-state index is -0.831. The van der Waals surface area contributed by atoms with E-state index in [1.54, 1.807) is 36.4 Å². The summed E-state index contributed by atoms with van der Waals surface area (Å²) < 4.78 is 6.15. The molecule has 2 heterocycles. The minimum Gasteiger partial charge on any atom is -0.459 e. The first-order valence-electron chi connectivity index (χ1n) is 10.2. The summed E-state index contributed by atoms with van der Waals surface area (Å²) >= 11 is 3.36. The molecule has 1 fully saturated rings. The van der Waals surface area contributed by atoms with Crippen molar-refractivity contribution in [1.29, 1.82) is 0 Å². The molecule has 1 aromatic carbocycles. The zero-order valence-electron chi connectivity index (χ0n) is 16.6. The standard InChI is InChI=1S/C23H23BrN2O4/c24-17-8-10-18(11-9-17)26-21(27)15-19(22(26)28)25(23(29)20-7-4-14-30-20)13-12-16-5-2-1-3-6-16/h4-5,7-11,14,19H,1-3,6,12-13,15H2. The maximum atomic E-state index is 13.2. The molecule has 30 heavy (non-hydrogen) atoms. The second kappa shape index (κ2) is 9.00. The van der Waals surface area contributed by atoms with Gasteiger partial charge in [-0.05, 0) is 68.5 Å². The second-order valence-corrected chi connectivity index (χ2v) is 8.51. The fourth-order valence-corrected chi connectivity index (χ4v) is 4.32. The molecule has 0 N–H and O–H groups in total. The third kappa shape index (κ3) is 4.26. The topological polar surface area (TPSA) is 70.8 Å². The Hall–Kier alpha value is -2.67. The number of hydrogen-bond acceptors (Lipinski definition) is 4. The molecule has 156 valence electrons. The summed E-state index contributed by atoms with van der Waals surface area (Å²) in [7, 11) is 0. The van der Waals surface area contributed by atoms with E-state index in [9.17, 15) is 14.4 Å². The predicted molar refractivity (Wildman–Crippen MR) is 116 cm³/mol. The van der Waals surface area contributed by atoms with Crippen molar-refractivity contribution in [2.75, 3.05) is 11.4 Å². The van der Waals surface area contributed by atoms with Gasteiger partial charge in [-0.2, -0.15) is 0 Å². The van der Waals surface area contributed by atoms with E-state index in [1.165, 1.54) is 28.1 Å². The van der Waals surface area contributed by atoms with Gasteiger partial charge in [0.05, 0.1) is 18.4 Å². The number of hydrogen-bond donors (Lipinski definition) is 0. The van der Waals surface area contributed by atoms with E-state index in [0.717, 1.165) is 23.7 Å². The quantitative estimate of drug-likeness (QED) is 0.452. The summed E-state index contributed by atoms with van der Waals surface area (Å²) in [6.45, 7) is 0.378. The van der Waals surface area contributed by atoms with E-state index >= 15 is 0 Å². The number of furan rings is 1. The number of carbonyl (C=O) groups excluding carboxylic acids is 3. The predicted octanol–water partition coefficient (Wildman–Crippen LogP) is 4.71. The first kappa shape index (κ1) is 20.6. The summed E-state index contributed by atoms with van der Waals surface area (Å²) in [6.07, 6.45) is 8.75. The van der Waals surface area contributed by atoms with E-state index in [1.807, 2.05) is 0 Å². The molecule has 2 aromatic rings. The first-order chi connectivity index (χ1) is 14.5. The first-order valence-corrected chi connectivity index (χ1v) is 11.0. The van der Waals surface area contributed by atoms with Gasteiger partial charge in [0.15, 0.2) is 5.76 Å². The van der Waals surface area contributed by atoms with Gasteiger partial charge in [0.1, 0.15) is 6.04 Å². The van der Waals surface area contributed by atoms with Crippen molar-refractivity contribution in [2.45, 2.75) is 44.6 Å². The van der Waals surface area contributed by atoms with Crippen LogP contribution in [0.25, 0.3) is 0 Å². The van der Waals surface area contributed by atoms with Gasteiger partial charge in [-0.3, -0.25) is 14.4 Å². The Morgan fingerprint density at radius 1 is 1.17 bits per heavy atom. The highest BCUT2D eigenvalue weighted by molar-refractivity contribution is 9.10. The lowest BCUT2D eigenvalue weighted by Gasteiger charge is -2.27. The molecule has 1 saturated heterocycles. The maximum absolute atomic E-state index is 13.2. The number of allylic oxidation sites excluding steroid dienone is 1. The number of carbonyl (C=O) groups is 3. The number of nitrogens with zero attached hydrogens (tertiary/aromatic N) is 2. The van der Waals surface area contributed by atoms with Crippen LogP contribution in [-0.2, 0) is 9.59 Å². The Morgan fingerprint density at radius 3 is 2.63 bits per heavy atom. The summed E-state index contributed by atoms with van der Waals surface area (Å²) in [5.41, 5.74) is 1.82. The van der Waals surface area contributed by atoms with Gasteiger partial charge < -0.3 is 9.32 Å². The molecule has 0 spiro atoms. The molecule has 1 aromatic heterocycles. The molecule has 0 bridgehead atoms. The molecular weight excluding hydrogens is 448 g/mol. The summed E-state index contributed by atoms with van der Waals surface area (Å²) in [5.74, 6) is -0.864. The highest BCUT2D eigenvalue weighted by atomic mass is 79.9. The highest BCUT2D eigenvalue weighted by Crippen LogP contribution is 2.29. The molecule has 0 saturated carbocycles. The summed E-state index contributed by atoms with van der Waals surface area (Å²) in [6, 6.07) is 9.40. The van der Waals surface area contributed by atoms with Crippen molar-refractivity contribution in [2.24, 2.45) is 0 Å². The Morgan fingerprint density at radius 2 is 1.97 bits per heavy atom. The van der Waals surface area contributed by atoms with Crippen LogP contribution in [0.15, 0.2) is 63.2 Å². The fraction of sp³-hybridized carbons (Fsp3) is 0.348. The van der Waals surface area contributed by atoms with Crippen LogP contribution < -0.4 is 4.90 Å². The third-order valence-electron chi connectivity index (χ3n) is 5.64. The largest absolute Gasteiger partial charge is 0.459 e. The van der Waals surface area contributed by atoms with Crippen LogP contribution in [-0.4, -0.2) is 35.2 Å². The van der Waals surface area contributed by atoms with Crippen molar-refractivity contribution in [1.82, 2.24) is 4.90 Å². The van der Waals surface area contributed by atoms with Crippen LogP contribution in [0, 0.1) is 0 Å². The fourth-order valence-electron chi connectivity index (χ4n) is 4.06. The summed E-state index contributed by atoms with van der Waals surface area (Å²) in [5, 5.41) is 0. The molecular formula is C23H23BrN2O4. The smallest absolute Gasteiger partial charge is 0.290 e. The van der Waals surface area contributed by atoms with Crippen molar-refractivity contribution >= 4 is 39.3 Å². The lowest BCUT2D eigenvalue weighted by Crippen LogP contribution is -2.46. The number of halogens is 1. The Balaban J connectivity index is 1.58. The van der Waals surface area contributed by atoms with Crippen molar-refractivity contribution in [3.8, 4) is 0 Å². The van der Waals surface area contributed by atoms with Gasteiger partial charge in [0, 0.05) is 11.0 Å². The molecule has 1 unspecified atom stereocenters. The minimum absolute atomic E-state index is 0.0274. The second-order valence-electron chi connectivity index (χ2n) is 7.60. The Bertz CT molecular complexity index is 966. The van der Waals surface area contributed by atoms with E-state index in [0.29, 0.717) is 18.7 Å². The SMILES string of the molecule is O=C1CC(N(CCC2=CCCCC2)C(=O)c2ccco2)C(=O)N1c1ccc(Br)cc1. The van der Waals surface area contributed by atoms with Crippen LogP contribution in [0.2, 0.25) is 0 Å². The maximum Gasteiger partial charge on any atom is 0.290 e. The van der Waals surface area contributed by atoms with E-state index in [4.69, 9.17) is 4.42 Å². The number of amides is 3. The number of rotatable bonds is 6. The average molecular weight is 471 g/mol. The molecule has 0 radical (unpaired) electrons. The van der Waals surface area contributed by atoms with E-state index < -0.39 is 6.04 Å². The molecule has 1 aliphatic carbocycles. The molecule has 1 atom stereocenters. The lowest BCUT2D eigenvalue weighted by molar-refractivity contribution is -0.122. The van der Waals surface area contributed by atoms with Crippen LogP contribution in [0.3, 0.4) is 0 Å². The van der Waals surface area contributed by atoms with Crippen molar-refractivity contribution in [3.05, 3.63) is 64.5 Å². The van der Waals surface area contributed by atoms with Gasteiger partial charge in [0.25, 0.3) is 11.8 Å². The zero-order valence-corrected chi connectivity index (χ0v) is 18.1. The van der Waals surface area contributed by atoms with E-state index in [2.05, 4.69) is 22.0 Å². The zero-order chi connectivity index (χ0) is 21.1. The van der Waals surface area contributed by atoms with Gasteiger partial charge in [-0.1, -0.05) is 27.6 Å². The number of imide groups is 1. The third-order valence-corrected chi connectivity index (χ3v) is 6.16. The van der Waals surface area contributed by atoms with Gasteiger partial charge in [-0.15, -0.1) is 0 Å². The van der Waals surface area contributed by atoms with Crippen molar-refractivity contribution in [3.63, 3.8) is 0 Å². The van der Waals surface area contributed by atoms with Crippen LogP contribution in [0.1, 0.15) is 49.1 Å². The van der Waals surface area contributed by atoms with Crippen LogP contribution in [0.5, 0.6) is 0 Å². The Kier molecular flexibility index (Phi) is 6.18. The normalized spacial score (nSPS) is 19.2. The van der Waals surface area contributed by atoms with Crippen LogP contribution in [0.4, 0.5) is 5.69 Å². The molecule has 3 amide bonds. The van der Waals surface area contributed by atoms with Crippen LogP contribution >= 0.6 is 15.9 Å². The molecule has 2 aliphatic rings. The monoisotopic (exact) mass is 470 g/mol. The molecule has 6 nitrogen and oxygen atoms in total. The van der Waals surface area contributed by atoms with Gasteiger partial charge in [-0.25, -0.2) is 4.90 Å². The summed E-state index contributed by atoms with van der Waals surface area (Å²) in [4.78, 5) is 41.8. The van der Waals surface area contributed by atoms with Crippen molar-refractivity contribution < 1.29 is 18.8 Å². The number of anilines is 1. The molecule has 4 rings (SSSR count). The molecule has 1 aliphatic heterocycles. The highest BCUT2D eigenvalue weighted by Gasteiger charge is 2.44. The lowest BCUT2D eigenvalue weighted by atomic mass is 9.97. The molecule has 7 heteroatoms. The number of benzene rings is 1. The van der Waals surface area contributed by atoms with Gasteiger partial charge >= 0.3 is 0 Å². The van der Waals surface area contributed by atoms with Gasteiger partial charge in [0.2, 0.25) is 5.91 Å². The van der Waals surface area contributed by atoms with E-state index in [-0.39, 0.29) is 29.9 Å². The Labute approximate surface area is 183 Å². The average Bonchev–Trinajstić information content (AvgIpc) is 3.39.